The van der Waals surface area contributed by atoms with E-state index in [-0.39, 0.29) is 0 Å². The fourth-order valence-electron chi connectivity index (χ4n) is 2.10. The van der Waals surface area contributed by atoms with Crippen molar-refractivity contribution in [2.75, 3.05) is 33.3 Å². The Hall–Kier alpha value is 0.0969. The van der Waals surface area contributed by atoms with Crippen LogP contribution in [0.5, 0.6) is 0 Å². The highest BCUT2D eigenvalue weighted by Gasteiger charge is 2.25. The highest BCUT2D eigenvalue weighted by atomic mass is 28.3. The van der Waals surface area contributed by atoms with Gasteiger partial charge in [-0.25, -0.2) is 0 Å². The topological polar surface area (TPSA) is 15.7 Å². The van der Waals surface area contributed by atoms with Crippen LogP contribution < -0.4 is 0 Å². The van der Waals surface area contributed by atoms with E-state index in [0.717, 1.165) is 13.1 Å². The highest BCUT2D eigenvalue weighted by molar-refractivity contribution is 6.45. The van der Waals surface area contributed by atoms with E-state index in [0.29, 0.717) is 0 Å². The van der Waals surface area contributed by atoms with E-state index in [1.165, 1.54) is 38.8 Å². The second kappa shape index (κ2) is 11.2. The Balaban J connectivity index is 4.38. The van der Waals surface area contributed by atoms with Crippen molar-refractivity contribution in [3.8, 4) is 0 Å². The monoisotopic (exact) mass is 260 g/mol. The lowest BCUT2D eigenvalue weighted by atomic mass is 10.3. The third-order valence-corrected chi connectivity index (χ3v) is 6.16. The van der Waals surface area contributed by atoms with Crippen LogP contribution in [-0.2, 0) is 4.43 Å². The van der Waals surface area contributed by atoms with Gasteiger partial charge in [0.1, 0.15) is 0 Å². The quantitative estimate of drug-likeness (QED) is 0.531. The molecule has 0 aliphatic carbocycles. The second-order valence-electron chi connectivity index (χ2n) is 4.53. The average molecular weight is 260 g/mol. The van der Waals surface area contributed by atoms with E-state index < -0.39 is 9.36 Å². The molecule has 0 N–H and O–H groups in total. The smallest absolute Gasteiger partial charge is 0.340 e. The summed E-state index contributed by atoms with van der Waals surface area (Å²) in [4.78, 5) is 0. The molecule has 0 aliphatic heterocycles. The molecule has 0 aromatic rings. The average Bonchev–Trinajstić information content (AvgIpc) is 2.37. The van der Waals surface area contributed by atoms with Crippen LogP contribution in [0.1, 0.15) is 53.4 Å². The molecular weight excluding hydrogens is 228 g/mol. The molecule has 0 rings (SSSR count). The standard InChI is InChI=1S/C13H32N2OSi/c1-6-10-12-14(8-3)17(16-5)15(9-4)13-11-7-2/h17H,6-13H2,1-5H3. The number of rotatable bonds is 11. The zero-order chi connectivity index (χ0) is 13.1. The first-order valence-electron chi connectivity index (χ1n) is 7.25. The number of hydrogen-bond acceptors (Lipinski definition) is 3. The predicted molar refractivity (Wildman–Crippen MR) is 78.5 cm³/mol. The molecule has 0 radical (unpaired) electrons. The highest BCUT2D eigenvalue weighted by Crippen LogP contribution is 2.06. The predicted octanol–water partition coefficient (Wildman–Crippen LogP) is 2.59. The summed E-state index contributed by atoms with van der Waals surface area (Å²) in [5.74, 6) is 0. The van der Waals surface area contributed by atoms with E-state index in [1.54, 1.807) is 0 Å². The van der Waals surface area contributed by atoms with Gasteiger partial charge in [-0.05, 0) is 39.0 Å². The van der Waals surface area contributed by atoms with Gasteiger partial charge in [0, 0.05) is 7.11 Å². The molecule has 0 aliphatic rings. The van der Waals surface area contributed by atoms with Crippen molar-refractivity contribution in [2.24, 2.45) is 0 Å². The molecule has 0 amide bonds. The van der Waals surface area contributed by atoms with Crippen LogP contribution in [0.3, 0.4) is 0 Å². The van der Waals surface area contributed by atoms with Crippen molar-refractivity contribution < 1.29 is 4.43 Å². The van der Waals surface area contributed by atoms with Crippen molar-refractivity contribution in [3.05, 3.63) is 0 Å². The Morgan fingerprint density at radius 3 is 1.47 bits per heavy atom. The molecule has 0 unspecified atom stereocenters. The summed E-state index contributed by atoms with van der Waals surface area (Å²) >= 11 is 0. The van der Waals surface area contributed by atoms with E-state index >= 15 is 0 Å². The first-order chi connectivity index (χ1) is 8.24. The van der Waals surface area contributed by atoms with Gasteiger partial charge in [0.05, 0.1) is 0 Å². The van der Waals surface area contributed by atoms with Crippen LogP contribution in [0.4, 0.5) is 0 Å². The summed E-state index contributed by atoms with van der Waals surface area (Å²) in [5, 5.41) is 0. The third kappa shape index (κ3) is 6.55. The van der Waals surface area contributed by atoms with Crippen molar-refractivity contribution in [2.45, 2.75) is 53.4 Å². The lowest BCUT2D eigenvalue weighted by Gasteiger charge is -2.35. The van der Waals surface area contributed by atoms with E-state index in [2.05, 4.69) is 36.8 Å². The zero-order valence-electron chi connectivity index (χ0n) is 12.5. The molecule has 0 aromatic carbocycles. The molecule has 0 atom stereocenters. The molecule has 0 saturated carbocycles. The summed E-state index contributed by atoms with van der Waals surface area (Å²) < 4.78 is 11.0. The largest absolute Gasteiger partial charge is 0.397 e. The summed E-state index contributed by atoms with van der Waals surface area (Å²) in [7, 11) is 0.550. The molecule has 0 aromatic heterocycles. The Bertz CT molecular complexity index is 153. The number of hydrogen-bond donors (Lipinski definition) is 0. The normalized spacial score (nSPS) is 12.0. The van der Waals surface area contributed by atoms with Gasteiger partial charge >= 0.3 is 9.36 Å². The minimum atomic E-state index is -1.34. The van der Waals surface area contributed by atoms with Gasteiger partial charge in [-0.3, -0.25) is 9.13 Å². The first-order valence-corrected chi connectivity index (χ1v) is 8.76. The summed E-state index contributed by atoms with van der Waals surface area (Å²) in [6.45, 7) is 13.6. The van der Waals surface area contributed by atoms with Crippen molar-refractivity contribution in [1.82, 2.24) is 9.13 Å². The van der Waals surface area contributed by atoms with Crippen molar-refractivity contribution in [3.63, 3.8) is 0 Å². The van der Waals surface area contributed by atoms with Gasteiger partial charge in [0.25, 0.3) is 0 Å². The SMILES string of the molecule is CCCCN(CC)[SiH](OC)N(CC)CCCC. The van der Waals surface area contributed by atoms with E-state index in [1.807, 2.05) is 7.11 Å². The molecule has 0 spiro atoms. The van der Waals surface area contributed by atoms with E-state index in [4.69, 9.17) is 4.43 Å². The van der Waals surface area contributed by atoms with Gasteiger partial charge in [0.15, 0.2) is 0 Å². The van der Waals surface area contributed by atoms with Crippen LogP contribution in [0.25, 0.3) is 0 Å². The molecule has 0 fully saturated rings. The minimum absolute atomic E-state index is 1.12. The molecule has 0 saturated heterocycles. The van der Waals surface area contributed by atoms with Gasteiger partial charge in [-0.15, -0.1) is 0 Å². The zero-order valence-corrected chi connectivity index (χ0v) is 13.7. The van der Waals surface area contributed by atoms with Gasteiger partial charge in [-0.2, -0.15) is 0 Å². The van der Waals surface area contributed by atoms with Gasteiger partial charge in [0.2, 0.25) is 0 Å². The van der Waals surface area contributed by atoms with Crippen LogP contribution in [-0.4, -0.2) is 51.8 Å². The van der Waals surface area contributed by atoms with E-state index in [9.17, 15) is 0 Å². The van der Waals surface area contributed by atoms with Crippen LogP contribution >= 0.6 is 0 Å². The molecule has 0 bridgehead atoms. The second-order valence-corrected chi connectivity index (χ2v) is 7.11. The Morgan fingerprint density at radius 2 is 1.24 bits per heavy atom. The van der Waals surface area contributed by atoms with Crippen molar-refractivity contribution in [1.29, 1.82) is 0 Å². The lowest BCUT2D eigenvalue weighted by molar-refractivity contribution is 0.237. The Kier molecular flexibility index (Phi) is 11.3. The Morgan fingerprint density at radius 1 is 0.824 bits per heavy atom. The fraction of sp³-hybridized carbons (Fsp3) is 1.00. The molecule has 0 heterocycles. The molecule has 3 nitrogen and oxygen atoms in total. The maximum Gasteiger partial charge on any atom is 0.340 e. The Labute approximate surface area is 110 Å². The summed E-state index contributed by atoms with van der Waals surface area (Å²) in [5.41, 5.74) is 0. The third-order valence-electron chi connectivity index (χ3n) is 3.25. The maximum absolute atomic E-state index is 5.84. The van der Waals surface area contributed by atoms with Crippen LogP contribution in [0.15, 0.2) is 0 Å². The molecule has 4 heteroatoms. The first kappa shape index (κ1) is 17.1. The summed E-state index contributed by atoms with van der Waals surface area (Å²) in [6.07, 6.45) is 5.10. The summed E-state index contributed by atoms with van der Waals surface area (Å²) in [6, 6.07) is 0. The molecular formula is C13H32N2OSi. The maximum atomic E-state index is 5.84. The molecule has 104 valence electrons. The van der Waals surface area contributed by atoms with Crippen LogP contribution in [0, 0.1) is 0 Å². The molecule has 17 heavy (non-hydrogen) atoms. The minimum Gasteiger partial charge on any atom is -0.397 e. The van der Waals surface area contributed by atoms with Crippen molar-refractivity contribution >= 4 is 9.36 Å². The fourth-order valence-corrected chi connectivity index (χ4v) is 4.59. The number of nitrogens with zero attached hydrogens (tertiary/aromatic N) is 2. The van der Waals surface area contributed by atoms with Crippen LogP contribution in [0.2, 0.25) is 0 Å². The van der Waals surface area contributed by atoms with Gasteiger partial charge < -0.3 is 4.43 Å². The number of unbranched alkanes of at least 4 members (excludes halogenated alkanes) is 2. The van der Waals surface area contributed by atoms with Gasteiger partial charge in [-0.1, -0.05) is 40.5 Å². The lowest BCUT2D eigenvalue weighted by Crippen LogP contribution is -2.54.